The second-order valence-electron chi connectivity index (χ2n) is 7.67. The Morgan fingerprint density at radius 2 is 0.846 bits per heavy atom. The van der Waals surface area contributed by atoms with Crippen LogP contribution in [-0.4, -0.2) is 57.1 Å². The van der Waals surface area contributed by atoms with E-state index >= 15 is 0 Å². The predicted molar refractivity (Wildman–Crippen MR) is 106 cm³/mol. The van der Waals surface area contributed by atoms with Gasteiger partial charge in [-0.2, -0.15) is 0 Å². The summed E-state index contributed by atoms with van der Waals surface area (Å²) < 4.78 is 0. The maximum Gasteiger partial charge on any atom is 0.103 e. The average Bonchev–Trinajstić information content (AvgIpc) is 2.64. The largest absolute Gasteiger partial charge is 0.396 e. The van der Waals surface area contributed by atoms with Crippen molar-refractivity contribution in [3.8, 4) is 0 Å². The fourth-order valence-electron chi connectivity index (χ4n) is 3.29. The first-order chi connectivity index (χ1) is 12.6. The van der Waals surface area contributed by atoms with E-state index in [-0.39, 0.29) is 6.42 Å². The maximum absolute atomic E-state index is 9.80. The summed E-state index contributed by atoms with van der Waals surface area (Å²) in [4.78, 5) is 0. The average molecular weight is 377 g/mol. The van der Waals surface area contributed by atoms with Crippen LogP contribution in [0.25, 0.3) is 0 Å². The monoisotopic (exact) mass is 376 g/mol. The van der Waals surface area contributed by atoms with Crippen molar-refractivity contribution in [2.45, 2.75) is 121 Å². The molecule has 0 amide bonds. The maximum atomic E-state index is 9.80. The van der Waals surface area contributed by atoms with Gasteiger partial charge in [0.1, 0.15) is 6.10 Å². The lowest BCUT2D eigenvalue weighted by molar-refractivity contribution is -0.0375. The van der Waals surface area contributed by atoms with Crippen LogP contribution in [0, 0.1) is 0 Å². The van der Waals surface area contributed by atoms with Crippen LogP contribution in [0.4, 0.5) is 0 Å². The zero-order chi connectivity index (χ0) is 19.5. The summed E-state index contributed by atoms with van der Waals surface area (Å²) in [5.41, 5.74) is 0. The van der Waals surface area contributed by atoms with E-state index in [9.17, 15) is 15.3 Å². The van der Waals surface area contributed by atoms with Gasteiger partial charge in [-0.3, -0.25) is 0 Å². The molecule has 0 spiro atoms. The summed E-state index contributed by atoms with van der Waals surface area (Å²) in [6.07, 6.45) is 15.1. The van der Waals surface area contributed by atoms with Crippen LogP contribution in [0.3, 0.4) is 0 Å². The number of rotatable bonds is 20. The van der Waals surface area contributed by atoms with Crippen molar-refractivity contribution in [2.75, 3.05) is 13.2 Å². The number of hydrogen-bond acceptors (Lipinski definition) is 5. The fraction of sp³-hybridized carbons (Fsp3) is 1.00. The molecule has 0 aromatic rings. The minimum Gasteiger partial charge on any atom is -0.396 e. The Morgan fingerprint density at radius 3 is 1.23 bits per heavy atom. The molecule has 5 N–H and O–H groups in total. The normalized spacial score (nSPS) is 15.1. The summed E-state index contributed by atoms with van der Waals surface area (Å²) in [7, 11) is 0. The molecule has 0 rings (SSSR count). The lowest BCUT2D eigenvalue weighted by Crippen LogP contribution is -2.32. The smallest absolute Gasteiger partial charge is 0.103 e. The van der Waals surface area contributed by atoms with E-state index in [1.807, 2.05) is 0 Å². The minimum atomic E-state index is -1.16. The van der Waals surface area contributed by atoms with Crippen LogP contribution in [0.1, 0.15) is 103 Å². The first-order valence-electron chi connectivity index (χ1n) is 10.9. The zero-order valence-electron chi connectivity index (χ0n) is 16.7. The zero-order valence-corrected chi connectivity index (χ0v) is 16.7. The van der Waals surface area contributed by atoms with Crippen LogP contribution < -0.4 is 0 Å². The van der Waals surface area contributed by atoms with Gasteiger partial charge in [-0.05, 0) is 12.8 Å². The quantitative estimate of drug-likeness (QED) is 0.210. The molecule has 5 nitrogen and oxygen atoms in total. The van der Waals surface area contributed by atoms with Gasteiger partial charge in [-0.1, -0.05) is 83.5 Å². The first kappa shape index (κ1) is 25.8. The van der Waals surface area contributed by atoms with Gasteiger partial charge in [-0.15, -0.1) is 0 Å². The molecular weight excluding hydrogens is 332 g/mol. The molecule has 0 saturated carbocycles. The number of aliphatic hydroxyl groups is 5. The van der Waals surface area contributed by atoms with Gasteiger partial charge in [0.2, 0.25) is 0 Å². The van der Waals surface area contributed by atoms with E-state index in [4.69, 9.17) is 10.2 Å². The van der Waals surface area contributed by atoms with E-state index < -0.39 is 24.9 Å². The summed E-state index contributed by atoms with van der Waals surface area (Å²) in [5, 5.41) is 46.0. The highest BCUT2D eigenvalue weighted by molar-refractivity contribution is 4.70. The van der Waals surface area contributed by atoms with Crippen molar-refractivity contribution >= 4 is 0 Å². The van der Waals surface area contributed by atoms with Crippen molar-refractivity contribution in [3.05, 3.63) is 0 Å². The Balaban J connectivity index is 3.22. The van der Waals surface area contributed by atoms with Crippen molar-refractivity contribution < 1.29 is 25.5 Å². The third kappa shape index (κ3) is 17.2. The Hall–Kier alpha value is -0.200. The van der Waals surface area contributed by atoms with Gasteiger partial charge in [0, 0.05) is 13.0 Å². The summed E-state index contributed by atoms with van der Waals surface area (Å²) in [6.45, 7) is -0.142. The van der Waals surface area contributed by atoms with Crippen molar-refractivity contribution in [1.29, 1.82) is 0 Å². The van der Waals surface area contributed by atoms with Gasteiger partial charge in [-0.25, -0.2) is 0 Å². The Morgan fingerprint density at radius 1 is 0.462 bits per heavy atom. The highest BCUT2D eigenvalue weighted by Crippen LogP contribution is 2.15. The molecule has 158 valence electrons. The van der Waals surface area contributed by atoms with Crippen LogP contribution in [-0.2, 0) is 0 Å². The molecular formula is C21H44O5. The molecule has 0 fully saturated rings. The molecule has 0 aromatic carbocycles. The van der Waals surface area contributed by atoms with E-state index in [1.165, 1.54) is 70.6 Å². The van der Waals surface area contributed by atoms with E-state index in [0.29, 0.717) is 13.0 Å². The topological polar surface area (TPSA) is 101 Å². The van der Waals surface area contributed by atoms with Crippen molar-refractivity contribution in [1.82, 2.24) is 0 Å². The van der Waals surface area contributed by atoms with E-state index in [1.54, 1.807) is 0 Å². The van der Waals surface area contributed by atoms with Crippen LogP contribution in [0.15, 0.2) is 0 Å². The molecule has 0 radical (unpaired) electrons. The van der Waals surface area contributed by atoms with Gasteiger partial charge < -0.3 is 25.5 Å². The summed E-state index contributed by atoms with van der Waals surface area (Å²) in [6, 6.07) is 0. The Kier molecular flexibility index (Phi) is 19.4. The van der Waals surface area contributed by atoms with Gasteiger partial charge in [0.25, 0.3) is 0 Å². The SMILES string of the molecule is OCCCCCCCCCCCCCCCCC(O)CC(O)C(O)CO. The molecule has 0 aliphatic rings. The van der Waals surface area contributed by atoms with Crippen LogP contribution >= 0.6 is 0 Å². The third-order valence-corrected chi connectivity index (χ3v) is 5.09. The highest BCUT2D eigenvalue weighted by atomic mass is 16.4. The number of hydrogen-bond donors (Lipinski definition) is 5. The highest BCUT2D eigenvalue weighted by Gasteiger charge is 2.18. The third-order valence-electron chi connectivity index (χ3n) is 5.09. The van der Waals surface area contributed by atoms with Gasteiger partial charge in [0.05, 0.1) is 18.8 Å². The predicted octanol–water partition coefficient (Wildman–Crippen LogP) is 3.30. The lowest BCUT2D eigenvalue weighted by atomic mass is 10.0. The van der Waals surface area contributed by atoms with E-state index in [2.05, 4.69) is 0 Å². The van der Waals surface area contributed by atoms with Crippen molar-refractivity contribution in [3.63, 3.8) is 0 Å². The number of aliphatic hydroxyl groups excluding tert-OH is 5. The summed E-state index contributed by atoms with van der Waals surface area (Å²) >= 11 is 0. The van der Waals surface area contributed by atoms with Crippen LogP contribution in [0.2, 0.25) is 0 Å². The molecule has 0 aliphatic heterocycles. The molecule has 0 saturated heterocycles. The standard InChI is InChI=1S/C21H44O5/c22-16-14-12-10-8-6-4-2-1-3-5-7-9-11-13-15-19(24)17-20(25)21(26)18-23/h19-26H,1-18H2. The van der Waals surface area contributed by atoms with Crippen LogP contribution in [0.5, 0.6) is 0 Å². The minimum absolute atomic E-state index is 0.128. The molecule has 26 heavy (non-hydrogen) atoms. The molecule has 0 heterocycles. The fourth-order valence-corrected chi connectivity index (χ4v) is 3.29. The van der Waals surface area contributed by atoms with Gasteiger partial charge in [0.15, 0.2) is 0 Å². The molecule has 0 aliphatic carbocycles. The first-order valence-corrected chi connectivity index (χ1v) is 10.9. The Bertz CT molecular complexity index is 275. The van der Waals surface area contributed by atoms with E-state index in [0.717, 1.165) is 19.3 Å². The van der Waals surface area contributed by atoms with Crippen molar-refractivity contribution in [2.24, 2.45) is 0 Å². The molecule has 5 heteroatoms. The molecule has 0 aromatic heterocycles. The second-order valence-corrected chi connectivity index (χ2v) is 7.67. The number of unbranched alkanes of at least 4 members (excludes halogenated alkanes) is 13. The summed E-state index contributed by atoms with van der Waals surface area (Å²) in [5.74, 6) is 0. The molecule has 3 unspecified atom stereocenters. The Labute approximate surface area is 160 Å². The lowest BCUT2D eigenvalue weighted by Gasteiger charge is -2.18. The molecule has 0 bridgehead atoms. The molecule has 3 atom stereocenters. The second kappa shape index (κ2) is 19.6. The van der Waals surface area contributed by atoms with Gasteiger partial charge >= 0.3 is 0 Å².